The van der Waals surface area contributed by atoms with Gasteiger partial charge in [0.25, 0.3) is 0 Å². The molecule has 0 radical (unpaired) electrons. The number of sulfonamides is 1. The molecule has 1 N–H and O–H groups in total. The van der Waals surface area contributed by atoms with E-state index in [1.165, 1.54) is 28.9 Å². The topological polar surface area (TPSA) is 69.7 Å². The molecule has 3 unspecified atom stereocenters. The van der Waals surface area contributed by atoms with E-state index in [-0.39, 0.29) is 23.4 Å². The number of piperazine rings is 1. The van der Waals surface area contributed by atoms with Gasteiger partial charge in [0.15, 0.2) is 0 Å². The molecule has 156 valence electrons. The first-order valence-electron chi connectivity index (χ1n) is 10.0. The predicted molar refractivity (Wildman–Crippen MR) is 106 cm³/mol. The van der Waals surface area contributed by atoms with E-state index in [4.69, 9.17) is 0 Å². The molecule has 8 heteroatoms. The number of rotatable bonds is 5. The van der Waals surface area contributed by atoms with Crippen LogP contribution in [0, 0.1) is 17.7 Å². The fourth-order valence-corrected chi connectivity index (χ4v) is 5.60. The Labute approximate surface area is 167 Å². The van der Waals surface area contributed by atoms with Gasteiger partial charge in [0.2, 0.25) is 15.9 Å². The van der Waals surface area contributed by atoms with E-state index in [1.807, 2.05) is 4.90 Å². The molecule has 6 nitrogen and oxygen atoms in total. The Morgan fingerprint density at radius 3 is 2.57 bits per heavy atom. The fraction of sp³-hybridized carbons (Fsp3) is 0.650. The summed E-state index contributed by atoms with van der Waals surface area (Å²) in [6.45, 7) is 6.28. The third kappa shape index (κ3) is 4.90. The monoisotopic (exact) mass is 411 g/mol. The van der Waals surface area contributed by atoms with E-state index in [9.17, 15) is 17.6 Å². The van der Waals surface area contributed by atoms with Gasteiger partial charge in [-0.05, 0) is 36.5 Å². The zero-order chi connectivity index (χ0) is 20.3. The number of nitrogens with one attached hydrogen (secondary N) is 1. The lowest BCUT2D eigenvalue weighted by molar-refractivity contribution is -0.124. The summed E-state index contributed by atoms with van der Waals surface area (Å²) >= 11 is 0. The second-order valence-corrected chi connectivity index (χ2v) is 10.0. The number of carbonyl (C=O) groups is 1. The van der Waals surface area contributed by atoms with Crippen molar-refractivity contribution in [3.8, 4) is 0 Å². The largest absolute Gasteiger partial charge is 0.352 e. The number of benzene rings is 1. The molecule has 1 heterocycles. The van der Waals surface area contributed by atoms with Crippen LogP contribution in [0.15, 0.2) is 29.2 Å². The van der Waals surface area contributed by atoms with Crippen molar-refractivity contribution >= 4 is 15.9 Å². The molecular formula is C20H30FN3O3S. The van der Waals surface area contributed by atoms with Crippen LogP contribution in [-0.4, -0.2) is 62.3 Å². The van der Waals surface area contributed by atoms with Crippen molar-refractivity contribution in [3.63, 3.8) is 0 Å². The summed E-state index contributed by atoms with van der Waals surface area (Å²) in [5.74, 6) is 0.539. The Hall–Kier alpha value is -1.51. The first-order valence-corrected chi connectivity index (χ1v) is 11.5. The van der Waals surface area contributed by atoms with Gasteiger partial charge in [-0.15, -0.1) is 0 Å². The summed E-state index contributed by atoms with van der Waals surface area (Å²) in [6, 6.07) is 5.30. The van der Waals surface area contributed by atoms with Crippen molar-refractivity contribution in [1.82, 2.24) is 14.5 Å². The molecule has 1 aromatic carbocycles. The molecule has 2 fully saturated rings. The number of hydrogen-bond acceptors (Lipinski definition) is 4. The summed E-state index contributed by atoms with van der Waals surface area (Å²) < 4.78 is 40.1. The summed E-state index contributed by atoms with van der Waals surface area (Å²) in [4.78, 5) is 14.4. The van der Waals surface area contributed by atoms with Gasteiger partial charge < -0.3 is 5.32 Å². The highest BCUT2D eigenvalue weighted by molar-refractivity contribution is 7.89. The lowest BCUT2D eigenvalue weighted by Gasteiger charge is -2.36. The van der Waals surface area contributed by atoms with Crippen LogP contribution < -0.4 is 5.32 Å². The van der Waals surface area contributed by atoms with Crippen molar-refractivity contribution in [2.45, 2.75) is 44.0 Å². The van der Waals surface area contributed by atoms with E-state index in [0.29, 0.717) is 38.0 Å². The molecule has 1 amide bonds. The molecular weight excluding hydrogens is 381 g/mol. The second kappa shape index (κ2) is 8.88. The molecule has 1 saturated carbocycles. The first-order chi connectivity index (χ1) is 13.3. The average Bonchev–Trinajstić information content (AvgIpc) is 2.66. The highest BCUT2D eigenvalue weighted by Crippen LogP contribution is 2.29. The van der Waals surface area contributed by atoms with Crippen LogP contribution in [0.25, 0.3) is 0 Å². The van der Waals surface area contributed by atoms with Gasteiger partial charge in [-0.2, -0.15) is 4.31 Å². The number of halogens is 1. The minimum Gasteiger partial charge on any atom is -0.352 e. The van der Waals surface area contributed by atoms with Crippen LogP contribution in [-0.2, 0) is 14.8 Å². The number of amides is 1. The number of hydrogen-bond donors (Lipinski definition) is 1. The molecule has 0 spiro atoms. The Morgan fingerprint density at radius 2 is 1.89 bits per heavy atom. The first kappa shape index (κ1) is 21.2. The van der Waals surface area contributed by atoms with Gasteiger partial charge in [-0.25, -0.2) is 12.8 Å². The van der Waals surface area contributed by atoms with E-state index in [0.717, 1.165) is 18.9 Å². The Kier molecular flexibility index (Phi) is 6.73. The average molecular weight is 412 g/mol. The third-order valence-corrected chi connectivity index (χ3v) is 8.08. The number of carbonyl (C=O) groups excluding carboxylic acids is 1. The summed E-state index contributed by atoms with van der Waals surface area (Å²) in [7, 11) is -3.71. The Balaban J connectivity index is 1.50. The quantitative estimate of drug-likeness (QED) is 0.805. The van der Waals surface area contributed by atoms with Crippen molar-refractivity contribution in [3.05, 3.63) is 30.1 Å². The predicted octanol–water partition coefficient (Wildman–Crippen LogP) is 2.07. The molecule has 1 aliphatic heterocycles. The Morgan fingerprint density at radius 1 is 1.18 bits per heavy atom. The van der Waals surface area contributed by atoms with Crippen LogP contribution >= 0.6 is 0 Å². The molecule has 3 rings (SSSR count). The van der Waals surface area contributed by atoms with Crippen molar-refractivity contribution in [2.75, 3.05) is 32.7 Å². The van der Waals surface area contributed by atoms with E-state index >= 15 is 0 Å². The molecule has 2 aliphatic rings. The van der Waals surface area contributed by atoms with Gasteiger partial charge in [-0.3, -0.25) is 9.69 Å². The Bertz CT molecular complexity index is 794. The van der Waals surface area contributed by atoms with Crippen molar-refractivity contribution in [1.29, 1.82) is 0 Å². The highest BCUT2D eigenvalue weighted by atomic mass is 32.2. The molecule has 3 atom stereocenters. The van der Waals surface area contributed by atoms with Crippen LogP contribution in [0.1, 0.15) is 33.1 Å². The SMILES string of the molecule is CC1CCCC(NC(=O)CN2CCN(S(=O)(=O)c3cccc(F)c3)CC2)C1C. The maximum Gasteiger partial charge on any atom is 0.243 e. The molecule has 0 bridgehead atoms. The molecule has 0 aromatic heterocycles. The van der Waals surface area contributed by atoms with Crippen LogP contribution in [0.2, 0.25) is 0 Å². The lowest BCUT2D eigenvalue weighted by Crippen LogP contribution is -2.52. The molecule has 1 saturated heterocycles. The zero-order valence-corrected chi connectivity index (χ0v) is 17.4. The minimum absolute atomic E-state index is 0.00684. The van der Waals surface area contributed by atoms with Crippen LogP contribution in [0.3, 0.4) is 0 Å². The van der Waals surface area contributed by atoms with Crippen molar-refractivity contribution < 1.29 is 17.6 Å². The maximum atomic E-state index is 13.4. The zero-order valence-electron chi connectivity index (χ0n) is 16.6. The molecule has 28 heavy (non-hydrogen) atoms. The summed E-state index contributed by atoms with van der Waals surface area (Å²) in [6.07, 6.45) is 3.39. The minimum atomic E-state index is -3.71. The fourth-order valence-electron chi connectivity index (χ4n) is 4.15. The third-order valence-electron chi connectivity index (χ3n) is 6.19. The van der Waals surface area contributed by atoms with Gasteiger partial charge in [-0.1, -0.05) is 32.8 Å². The van der Waals surface area contributed by atoms with E-state index in [1.54, 1.807) is 0 Å². The van der Waals surface area contributed by atoms with Crippen LogP contribution in [0.4, 0.5) is 4.39 Å². The van der Waals surface area contributed by atoms with Gasteiger partial charge >= 0.3 is 0 Å². The van der Waals surface area contributed by atoms with Gasteiger partial charge in [0, 0.05) is 32.2 Å². The molecule has 1 aliphatic carbocycles. The normalized spacial score (nSPS) is 27.5. The number of nitrogens with zero attached hydrogens (tertiary/aromatic N) is 2. The lowest BCUT2D eigenvalue weighted by atomic mass is 9.78. The van der Waals surface area contributed by atoms with E-state index in [2.05, 4.69) is 19.2 Å². The summed E-state index contributed by atoms with van der Waals surface area (Å²) in [5.41, 5.74) is 0. The highest BCUT2D eigenvalue weighted by Gasteiger charge is 2.31. The maximum absolute atomic E-state index is 13.4. The second-order valence-electron chi connectivity index (χ2n) is 8.08. The van der Waals surface area contributed by atoms with E-state index < -0.39 is 15.8 Å². The van der Waals surface area contributed by atoms with Crippen molar-refractivity contribution in [2.24, 2.45) is 11.8 Å². The van der Waals surface area contributed by atoms with Crippen LogP contribution in [0.5, 0.6) is 0 Å². The summed E-state index contributed by atoms with van der Waals surface area (Å²) in [5, 5.41) is 3.17. The smallest absolute Gasteiger partial charge is 0.243 e. The van der Waals surface area contributed by atoms with Gasteiger partial charge in [0.1, 0.15) is 5.82 Å². The van der Waals surface area contributed by atoms with Gasteiger partial charge in [0.05, 0.1) is 11.4 Å². The standard InChI is InChI=1S/C20H30FN3O3S/c1-15-5-3-8-19(16(15)2)22-20(25)14-23-9-11-24(12-10-23)28(26,27)18-7-4-6-17(21)13-18/h4,6-7,13,15-16,19H,3,5,8-12,14H2,1-2H3,(H,22,25). The molecule has 1 aromatic rings.